The van der Waals surface area contributed by atoms with Gasteiger partial charge >= 0.3 is 0 Å². The van der Waals surface area contributed by atoms with Gasteiger partial charge in [0.25, 0.3) is 0 Å². The van der Waals surface area contributed by atoms with Crippen molar-refractivity contribution in [3.05, 3.63) is 29.3 Å². The summed E-state index contributed by atoms with van der Waals surface area (Å²) >= 11 is 6.97. The summed E-state index contributed by atoms with van der Waals surface area (Å²) in [4.78, 5) is 19.8. The van der Waals surface area contributed by atoms with E-state index in [2.05, 4.69) is 15.3 Å². The van der Waals surface area contributed by atoms with E-state index in [1.54, 1.807) is 18.2 Å². The Bertz CT molecular complexity index is 661. The van der Waals surface area contributed by atoms with Gasteiger partial charge in [-0.2, -0.15) is 0 Å². The predicted octanol–water partition coefficient (Wildman–Crippen LogP) is 1.61. The standard InChI is InChI=1S/C12H13ClN6OS/c13-6-1-2-7(14)8(3-6)17-11(20)5-21-12-18-9(15)4-10(16)19-12/h1-4H,5,14H2,(H,17,20)(H4,15,16,18,19). The average Bonchev–Trinajstić information content (AvgIpc) is 2.40. The number of hydrogen-bond donors (Lipinski definition) is 4. The minimum Gasteiger partial charge on any atom is -0.397 e. The van der Waals surface area contributed by atoms with Crippen LogP contribution >= 0.6 is 23.4 Å². The number of carbonyl (C=O) groups excluding carboxylic acids is 1. The molecule has 1 amide bonds. The highest BCUT2D eigenvalue weighted by molar-refractivity contribution is 7.99. The quantitative estimate of drug-likeness (QED) is 0.381. The van der Waals surface area contributed by atoms with Gasteiger partial charge in [0, 0.05) is 11.1 Å². The molecule has 0 saturated heterocycles. The number of hydrogen-bond acceptors (Lipinski definition) is 7. The minimum atomic E-state index is -0.265. The van der Waals surface area contributed by atoms with Crippen molar-refractivity contribution in [2.75, 3.05) is 28.3 Å². The molecule has 1 heterocycles. The van der Waals surface area contributed by atoms with Crippen LogP contribution in [0, 0.1) is 0 Å². The second kappa shape index (κ2) is 6.51. The molecule has 0 fully saturated rings. The fourth-order valence-electron chi connectivity index (χ4n) is 1.48. The molecule has 0 aliphatic rings. The zero-order valence-corrected chi connectivity index (χ0v) is 12.4. The van der Waals surface area contributed by atoms with E-state index < -0.39 is 0 Å². The van der Waals surface area contributed by atoms with E-state index in [-0.39, 0.29) is 23.3 Å². The van der Waals surface area contributed by atoms with Gasteiger partial charge in [-0.05, 0) is 18.2 Å². The normalized spacial score (nSPS) is 10.3. The number of aromatic nitrogens is 2. The summed E-state index contributed by atoms with van der Waals surface area (Å²) in [6.45, 7) is 0. The van der Waals surface area contributed by atoms with Crippen molar-refractivity contribution >= 4 is 52.3 Å². The minimum absolute atomic E-state index is 0.0921. The van der Waals surface area contributed by atoms with Crippen LogP contribution in [0.1, 0.15) is 0 Å². The van der Waals surface area contributed by atoms with E-state index in [0.717, 1.165) is 11.8 Å². The molecule has 0 bridgehead atoms. The Labute approximate surface area is 130 Å². The number of amides is 1. The van der Waals surface area contributed by atoms with Crippen molar-refractivity contribution < 1.29 is 4.79 Å². The number of halogens is 1. The maximum Gasteiger partial charge on any atom is 0.234 e. The molecule has 1 aromatic carbocycles. The summed E-state index contributed by atoms with van der Waals surface area (Å²) in [6.07, 6.45) is 0. The highest BCUT2D eigenvalue weighted by Crippen LogP contribution is 2.23. The number of benzene rings is 1. The summed E-state index contributed by atoms with van der Waals surface area (Å²) in [5.41, 5.74) is 17.7. The van der Waals surface area contributed by atoms with Crippen molar-refractivity contribution in [1.29, 1.82) is 0 Å². The highest BCUT2D eigenvalue weighted by Gasteiger charge is 2.09. The van der Waals surface area contributed by atoms with E-state index in [9.17, 15) is 4.79 Å². The molecule has 0 saturated carbocycles. The van der Waals surface area contributed by atoms with Gasteiger partial charge in [0.1, 0.15) is 11.6 Å². The summed E-state index contributed by atoms with van der Waals surface area (Å²) in [6, 6.07) is 6.28. The number of nitrogens with two attached hydrogens (primary N) is 3. The van der Waals surface area contributed by atoms with Crippen LogP contribution in [0.2, 0.25) is 5.02 Å². The fraction of sp³-hybridized carbons (Fsp3) is 0.0833. The second-order valence-corrected chi connectivity index (χ2v) is 5.45. The molecule has 0 spiro atoms. The molecule has 9 heteroatoms. The lowest BCUT2D eigenvalue weighted by molar-refractivity contribution is -0.113. The lowest BCUT2D eigenvalue weighted by Gasteiger charge is -2.08. The van der Waals surface area contributed by atoms with Crippen molar-refractivity contribution in [2.45, 2.75) is 5.16 Å². The summed E-state index contributed by atoms with van der Waals surface area (Å²) < 4.78 is 0. The number of thioether (sulfide) groups is 1. The van der Waals surface area contributed by atoms with Crippen LogP contribution in [0.25, 0.3) is 0 Å². The van der Waals surface area contributed by atoms with Crippen LogP contribution in [0.3, 0.4) is 0 Å². The zero-order valence-electron chi connectivity index (χ0n) is 10.8. The third-order valence-electron chi connectivity index (χ3n) is 2.37. The van der Waals surface area contributed by atoms with Crippen LogP contribution in [0.4, 0.5) is 23.0 Å². The van der Waals surface area contributed by atoms with Crippen LogP contribution in [-0.2, 0) is 4.79 Å². The molecule has 2 aromatic rings. The first-order valence-corrected chi connectivity index (χ1v) is 7.18. The van der Waals surface area contributed by atoms with Crippen LogP contribution in [0.15, 0.2) is 29.4 Å². The average molecular weight is 325 g/mol. The topological polar surface area (TPSA) is 133 Å². The number of rotatable bonds is 4. The third-order valence-corrected chi connectivity index (χ3v) is 3.45. The lowest BCUT2D eigenvalue weighted by Crippen LogP contribution is -2.15. The number of nitrogens with zero attached hydrogens (tertiary/aromatic N) is 2. The van der Waals surface area contributed by atoms with Gasteiger partial charge < -0.3 is 22.5 Å². The van der Waals surface area contributed by atoms with Crippen molar-refractivity contribution in [3.63, 3.8) is 0 Å². The second-order valence-electron chi connectivity index (χ2n) is 4.07. The molecule has 0 atom stereocenters. The number of carbonyl (C=O) groups is 1. The summed E-state index contributed by atoms with van der Waals surface area (Å²) in [7, 11) is 0. The molecule has 0 unspecified atom stereocenters. The van der Waals surface area contributed by atoms with E-state index in [0.29, 0.717) is 21.6 Å². The van der Waals surface area contributed by atoms with Gasteiger partial charge in [-0.1, -0.05) is 23.4 Å². The Morgan fingerprint density at radius 2 is 1.86 bits per heavy atom. The van der Waals surface area contributed by atoms with E-state index in [4.69, 9.17) is 28.8 Å². The van der Waals surface area contributed by atoms with Crippen LogP contribution < -0.4 is 22.5 Å². The molecule has 110 valence electrons. The SMILES string of the molecule is Nc1cc(N)nc(SCC(=O)Nc2cc(Cl)ccc2N)n1. The first-order valence-electron chi connectivity index (χ1n) is 5.82. The zero-order chi connectivity index (χ0) is 15.4. The monoisotopic (exact) mass is 324 g/mol. The smallest absolute Gasteiger partial charge is 0.234 e. The third kappa shape index (κ3) is 4.40. The predicted molar refractivity (Wildman–Crippen MR) is 86.1 cm³/mol. The molecule has 21 heavy (non-hydrogen) atoms. The van der Waals surface area contributed by atoms with Crippen molar-refractivity contribution in [1.82, 2.24) is 9.97 Å². The largest absolute Gasteiger partial charge is 0.397 e. The maximum atomic E-state index is 11.9. The fourth-order valence-corrected chi connectivity index (χ4v) is 2.32. The van der Waals surface area contributed by atoms with E-state index in [1.807, 2.05) is 0 Å². The Hall–Kier alpha value is -2.19. The Balaban J connectivity index is 1.97. The van der Waals surface area contributed by atoms with Gasteiger partial charge in [0.15, 0.2) is 5.16 Å². The van der Waals surface area contributed by atoms with E-state index in [1.165, 1.54) is 6.07 Å². The van der Waals surface area contributed by atoms with Gasteiger partial charge in [0.05, 0.1) is 17.1 Å². The first kappa shape index (κ1) is 15.2. The van der Waals surface area contributed by atoms with Crippen LogP contribution in [0.5, 0.6) is 0 Å². The molecule has 2 rings (SSSR count). The summed E-state index contributed by atoms with van der Waals surface area (Å²) in [5, 5.41) is 3.48. The molecule has 7 N–H and O–H groups in total. The molecular weight excluding hydrogens is 312 g/mol. The molecular formula is C12H13ClN6OS. The Kier molecular flexibility index (Phi) is 4.71. The molecule has 0 radical (unpaired) electrons. The molecule has 0 aliphatic heterocycles. The lowest BCUT2D eigenvalue weighted by atomic mass is 10.2. The Morgan fingerprint density at radius 1 is 1.19 bits per heavy atom. The number of nitrogen functional groups attached to an aromatic ring is 3. The molecule has 1 aromatic heterocycles. The van der Waals surface area contributed by atoms with E-state index >= 15 is 0 Å². The Morgan fingerprint density at radius 3 is 2.52 bits per heavy atom. The van der Waals surface area contributed by atoms with Crippen molar-refractivity contribution in [2.24, 2.45) is 0 Å². The first-order chi connectivity index (χ1) is 9.94. The molecule has 7 nitrogen and oxygen atoms in total. The summed E-state index contributed by atoms with van der Waals surface area (Å²) in [5.74, 6) is 0.335. The van der Waals surface area contributed by atoms with Gasteiger partial charge in [-0.15, -0.1) is 0 Å². The van der Waals surface area contributed by atoms with Crippen LogP contribution in [-0.4, -0.2) is 21.6 Å². The van der Waals surface area contributed by atoms with Gasteiger partial charge in [0.2, 0.25) is 5.91 Å². The molecule has 0 aliphatic carbocycles. The maximum absolute atomic E-state index is 11.9. The van der Waals surface area contributed by atoms with Crippen molar-refractivity contribution in [3.8, 4) is 0 Å². The highest BCUT2D eigenvalue weighted by atomic mass is 35.5. The van der Waals surface area contributed by atoms with Gasteiger partial charge in [-0.25, -0.2) is 9.97 Å². The van der Waals surface area contributed by atoms with Gasteiger partial charge in [-0.3, -0.25) is 4.79 Å². The number of nitrogens with one attached hydrogen (secondary N) is 1. The number of anilines is 4.